The number of aromatic nitrogens is 3. The summed E-state index contributed by atoms with van der Waals surface area (Å²) < 4.78 is 31.9. The van der Waals surface area contributed by atoms with E-state index in [2.05, 4.69) is 20.5 Å². The largest absolute Gasteiger partial charge is 0.411 e. The molecule has 0 spiro atoms. The van der Waals surface area contributed by atoms with Crippen molar-refractivity contribution >= 4 is 23.4 Å². The number of carbonyl (C=O) groups is 1. The van der Waals surface area contributed by atoms with Crippen molar-refractivity contribution in [3.63, 3.8) is 0 Å². The maximum absolute atomic E-state index is 13.4. The first-order chi connectivity index (χ1) is 11.6. The molecule has 0 aliphatic rings. The number of amides is 1. The number of nitrogens with zero attached hydrogens (tertiary/aromatic N) is 3. The molecule has 0 bridgehead atoms. The Labute approximate surface area is 139 Å². The van der Waals surface area contributed by atoms with Crippen LogP contribution in [0.5, 0.6) is 0 Å². The van der Waals surface area contributed by atoms with Gasteiger partial charge in [-0.05, 0) is 24.3 Å². The van der Waals surface area contributed by atoms with Gasteiger partial charge in [0.1, 0.15) is 11.6 Å². The molecule has 0 aliphatic carbocycles. The second-order valence-electron chi connectivity index (χ2n) is 4.58. The maximum Gasteiger partial charge on any atom is 0.277 e. The number of pyridine rings is 1. The molecule has 0 aliphatic heterocycles. The molecular weight excluding hydrogens is 338 g/mol. The first kappa shape index (κ1) is 16.1. The number of benzene rings is 1. The zero-order valence-corrected chi connectivity index (χ0v) is 12.9. The van der Waals surface area contributed by atoms with Crippen LogP contribution < -0.4 is 5.32 Å². The molecule has 9 heteroatoms. The minimum atomic E-state index is -0.716. The van der Waals surface area contributed by atoms with Crippen molar-refractivity contribution < 1.29 is 18.0 Å². The summed E-state index contributed by atoms with van der Waals surface area (Å²) in [5.74, 6) is -1.69. The third-order valence-corrected chi connectivity index (χ3v) is 3.66. The Hall–Kier alpha value is -2.81. The summed E-state index contributed by atoms with van der Waals surface area (Å²) in [5.41, 5.74) is 0.435. The van der Waals surface area contributed by atoms with Gasteiger partial charge in [-0.1, -0.05) is 11.8 Å². The summed E-state index contributed by atoms with van der Waals surface area (Å²) in [6.07, 6.45) is 3.19. The molecular formula is C15H10F2N4O2S. The maximum atomic E-state index is 13.4. The fourth-order valence-corrected chi connectivity index (χ4v) is 2.34. The number of rotatable bonds is 5. The molecule has 1 aromatic carbocycles. The van der Waals surface area contributed by atoms with Gasteiger partial charge in [0.05, 0.1) is 17.0 Å². The number of hydrogen-bond donors (Lipinski definition) is 1. The van der Waals surface area contributed by atoms with Crippen LogP contribution in [-0.4, -0.2) is 26.8 Å². The zero-order valence-electron chi connectivity index (χ0n) is 12.1. The summed E-state index contributed by atoms with van der Waals surface area (Å²) in [4.78, 5) is 15.7. The van der Waals surface area contributed by atoms with Gasteiger partial charge in [0.2, 0.25) is 11.8 Å². The molecule has 3 rings (SSSR count). The van der Waals surface area contributed by atoms with E-state index in [4.69, 9.17) is 4.42 Å². The second-order valence-corrected chi connectivity index (χ2v) is 5.50. The Balaban J connectivity index is 1.59. The lowest BCUT2D eigenvalue weighted by Gasteiger charge is -2.05. The Morgan fingerprint density at radius 3 is 2.92 bits per heavy atom. The van der Waals surface area contributed by atoms with Gasteiger partial charge in [0.15, 0.2) is 0 Å². The minimum absolute atomic E-state index is 0.0926. The Morgan fingerprint density at radius 2 is 2.12 bits per heavy atom. The van der Waals surface area contributed by atoms with Crippen LogP contribution in [0, 0.1) is 11.6 Å². The first-order valence-electron chi connectivity index (χ1n) is 6.73. The fourth-order valence-electron chi connectivity index (χ4n) is 1.78. The number of hydrogen-bond acceptors (Lipinski definition) is 6. The van der Waals surface area contributed by atoms with Crippen LogP contribution in [0.4, 0.5) is 14.5 Å². The van der Waals surface area contributed by atoms with Crippen LogP contribution in [-0.2, 0) is 4.79 Å². The smallest absolute Gasteiger partial charge is 0.277 e. The van der Waals surface area contributed by atoms with Gasteiger partial charge in [0.25, 0.3) is 5.22 Å². The molecule has 2 aromatic heterocycles. The van der Waals surface area contributed by atoms with Crippen molar-refractivity contribution in [3.8, 4) is 11.5 Å². The van der Waals surface area contributed by atoms with E-state index in [9.17, 15) is 13.6 Å². The highest BCUT2D eigenvalue weighted by Gasteiger charge is 2.13. The first-order valence-corrected chi connectivity index (χ1v) is 7.72. The lowest BCUT2D eigenvalue weighted by Crippen LogP contribution is -2.15. The summed E-state index contributed by atoms with van der Waals surface area (Å²) in [6, 6.07) is 6.31. The van der Waals surface area contributed by atoms with E-state index in [0.29, 0.717) is 5.56 Å². The van der Waals surface area contributed by atoms with Crippen LogP contribution in [0.2, 0.25) is 0 Å². The van der Waals surface area contributed by atoms with Crippen LogP contribution in [0.15, 0.2) is 52.4 Å². The third-order valence-electron chi connectivity index (χ3n) is 2.84. The molecule has 0 radical (unpaired) electrons. The topological polar surface area (TPSA) is 80.9 Å². The van der Waals surface area contributed by atoms with E-state index in [-0.39, 0.29) is 22.6 Å². The Bertz CT molecular complexity index is 858. The fraction of sp³-hybridized carbons (Fsp3) is 0.0667. The van der Waals surface area contributed by atoms with Gasteiger partial charge in [-0.15, -0.1) is 10.2 Å². The Kier molecular flexibility index (Phi) is 4.80. The average Bonchev–Trinajstić information content (AvgIpc) is 3.06. The van der Waals surface area contributed by atoms with E-state index in [1.54, 1.807) is 24.5 Å². The molecule has 1 amide bonds. The highest BCUT2D eigenvalue weighted by atomic mass is 32.2. The van der Waals surface area contributed by atoms with E-state index < -0.39 is 17.5 Å². The van der Waals surface area contributed by atoms with Crippen molar-refractivity contribution in [2.24, 2.45) is 0 Å². The van der Waals surface area contributed by atoms with Crippen molar-refractivity contribution in [3.05, 3.63) is 54.4 Å². The molecule has 1 N–H and O–H groups in total. The van der Waals surface area contributed by atoms with Crippen LogP contribution in [0.3, 0.4) is 0 Å². The van der Waals surface area contributed by atoms with Gasteiger partial charge in [-0.25, -0.2) is 8.78 Å². The van der Waals surface area contributed by atoms with Gasteiger partial charge >= 0.3 is 0 Å². The highest BCUT2D eigenvalue weighted by Crippen LogP contribution is 2.23. The monoisotopic (exact) mass is 348 g/mol. The van der Waals surface area contributed by atoms with Gasteiger partial charge < -0.3 is 9.73 Å². The Morgan fingerprint density at radius 1 is 1.25 bits per heavy atom. The third kappa shape index (κ3) is 3.93. The predicted octanol–water partition coefficient (Wildman–Crippen LogP) is 3.14. The quantitative estimate of drug-likeness (QED) is 0.714. The molecule has 3 aromatic rings. The molecule has 6 nitrogen and oxygen atoms in total. The van der Waals surface area contributed by atoms with Crippen molar-refractivity contribution in [1.29, 1.82) is 0 Å². The molecule has 0 unspecified atom stereocenters. The molecule has 0 saturated heterocycles. The standard InChI is InChI=1S/C15H10F2N4O2S/c16-10-3-4-11(17)12(6-10)19-13(22)8-24-15-21-20-14(23-15)9-2-1-5-18-7-9/h1-7H,8H2,(H,19,22). The molecule has 122 valence electrons. The SMILES string of the molecule is O=C(CSc1nnc(-c2cccnc2)o1)Nc1cc(F)ccc1F. The van der Waals surface area contributed by atoms with Gasteiger partial charge in [-0.3, -0.25) is 9.78 Å². The van der Waals surface area contributed by atoms with E-state index in [1.165, 1.54) is 0 Å². The second kappa shape index (κ2) is 7.18. The molecule has 0 saturated carbocycles. The predicted molar refractivity (Wildman–Crippen MR) is 83.2 cm³/mol. The summed E-state index contributed by atoms with van der Waals surface area (Å²) in [5, 5.41) is 10.1. The average molecular weight is 348 g/mol. The molecule has 24 heavy (non-hydrogen) atoms. The van der Waals surface area contributed by atoms with Crippen LogP contribution in [0.1, 0.15) is 0 Å². The summed E-state index contributed by atoms with van der Waals surface area (Å²) in [7, 11) is 0. The molecule has 0 atom stereocenters. The van der Waals surface area contributed by atoms with Crippen molar-refractivity contribution in [1.82, 2.24) is 15.2 Å². The van der Waals surface area contributed by atoms with E-state index >= 15 is 0 Å². The van der Waals surface area contributed by atoms with E-state index in [0.717, 1.165) is 30.0 Å². The van der Waals surface area contributed by atoms with E-state index in [1.807, 2.05) is 0 Å². The number of nitrogens with one attached hydrogen (secondary N) is 1. The van der Waals surface area contributed by atoms with Gasteiger partial charge in [-0.2, -0.15) is 0 Å². The van der Waals surface area contributed by atoms with Crippen molar-refractivity contribution in [2.45, 2.75) is 5.22 Å². The van der Waals surface area contributed by atoms with Gasteiger partial charge in [0, 0.05) is 18.5 Å². The highest BCUT2D eigenvalue weighted by molar-refractivity contribution is 7.99. The van der Waals surface area contributed by atoms with Crippen molar-refractivity contribution in [2.75, 3.05) is 11.1 Å². The van der Waals surface area contributed by atoms with Crippen LogP contribution >= 0.6 is 11.8 Å². The number of thioether (sulfide) groups is 1. The zero-order chi connectivity index (χ0) is 16.9. The minimum Gasteiger partial charge on any atom is -0.411 e. The number of halogens is 2. The lowest BCUT2D eigenvalue weighted by atomic mass is 10.3. The normalized spacial score (nSPS) is 10.6. The molecule has 2 heterocycles. The van der Waals surface area contributed by atoms with Crippen LogP contribution in [0.25, 0.3) is 11.5 Å². The number of carbonyl (C=O) groups excluding carboxylic acids is 1. The lowest BCUT2D eigenvalue weighted by molar-refractivity contribution is -0.113. The number of anilines is 1. The molecule has 0 fully saturated rings. The summed E-state index contributed by atoms with van der Waals surface area (Å²) in [6.45, 7) is 0. The summed E-state index contributed by atoms with van der Waals surface area (Å²) >= 11 is 0.984.